The first-order valence-electron chi connectivity index (χ1n) is 9.09. The van der Waals surface area contributed by atoms with Crippen LogP contribution in [0.5, 0.6) is 0 Å². The van der Waals surface area contributed by atoms with Gasteiger partial charge in [0.05, 0.1) is 30.7 Å². The van der Waals surface area contributed by atoms with Crippen molar-refractivity contribution in [2.45, 2.75) is 32.4 Å². The molecule has 1 aliphatic heterocycles. The van der Waals surface area contributed by atoms with Gasteiger partial charge in [0, 0.05) is 31.5 Å². The van der Waals surface area contributed by atoms with Gasteiger partial charge in [0.15, 0.2) is 0 Å². The molecule has 0 atom stereocenters. The van der Waals surface area contributed by atoms with Crippen LogP contribution in [0.2, 0.25) is 0 Å². The molecule has 3 rings (SSSR count). The first-order chi connectivity index (χ1) is 13.2. The number of carbonyl (C=O) groups is 2. The van der Waals surface area contributed by atoms with Crippen molar-refractivity contribution in [3.63, 3.8) is 0 Å². The van der Waals surface area contributed by atoms with Gasteiger partial charge in [0.1, 0.15) is 5.76 Å². The lowest BCUT2D eigenvalue weighted by atomic mass is 10.0. The molecule has 0 spiro atoms. The normalized spacial score (nSPS) is 14.6. The van der Waals surface area contributed by atoms with Crippen molar-refractivity contribution >= 4 is 17.7 Å². The van der Waals surface area contributed by atoms with Crippen molar-refractivity contribution < 1.29 is 18.7 Å². The number of ether oxygens (including phenoxy) is 1. The van der Waals surface area contributed by atoms with Gasteiger partial charge in [0.25, 0.3) is 5.91 Å². The smallest absolute Gasteiger partial charge is 0.409 e. The van der Waals surface area contributed by atoms with Gasteiger partial charge in [-0.15, -0.1) is 0 Å². The lowest BCUT2D eigenvalue weighted by Crippen LogP contribution is -2.46. The van der Waals surface area contributed by atoms with Crippen molar-refractivity contribution in [2.75, 3.05) is 25.0 Å². The van der Waals surface area contributed by atoms with E-state index in [4.69, 9.17) is 9.15 Å². The summed E-state index contributed by atoms with van der Waals surface area (Å²) in [5.74, 6) is 0.636. The van der Waals surface area contributed by atoms with E-state index in [0.29, 0.717) is 44.6 Å². The second kappa shape index (κ2) is 9.07. The fourth-order valence-corrected chi connectivity index (χ4v) is 2.95. The summed E-state index contributed by atoms with van der Waals surface area (Å²) in [5.41, 5.74) is 1.24. The van der Waals surface area contributed by atoms with Crippen LogP contribution >= 0.6 is 0 Å². The Balaban J connectivity index is 1.49. The van der Waals surface area contributed by atoms with Crippen molar-refractivity contribution in [1.29, 1.82) is 0 Å². The monoisotopic (exact) mass is 372 g/mol. The van der Waals surface area contributed by atoms with Gasteiger partial charge in [-0.2, -0.15) is 0 Å². The highest BCUT2D eigenvalue weighted by Gasteiger charge is 2.24. The maximum absolute atomic E-state index is 12.5. The standard InChI is InChI=1S/C19H24N4O4/c1-2-26-19(25)23-7-5-15(6-8-23)22-18(24)14-10-16(12-20-11-14)21-13-17-4-3-9-27-17/h3-4,9-12,15,21H,2,5-8,13H2,1H3,(H,22,24). The Kier molecular flexibility index (Phi) is 6.30. The third kappa shape index (κ3) is 5.22. The number of furan rings is 1. The van der Waals surface area contributed by atoms with Crippen molar-refractivity contribution in [2.24, 2.45) is 0 Å². The number of nitrogens with zero attached hydrogens (tertiary/aromatic N) is 2. The number of nitrogens with one attached hydrogen (secondary N) is 2. The van der Waals surface area contributed by atoms with E-state index in [2.05, 4.69) is 15.6 Å². The zero-order valence-corrected chi connectivity index (χ0v) is 15.3. The molecule has 1 saturated heterocycles. The van der Waals surface area contributed by atoms with Crippen LogP contribution in [0.4, 0.5) is 10.5 Å². The van der Waals surface area contributed by atoms with Gasteiger partial charge in [-0.1, -0.05) is 0 Å². The summed E-state index contributed by atoms with van der Waals surface area (Å²) in [6, 6.07) is 5.49. The van der Waals surface area contributed by atoms with Crippen LogP contribution in [0, 0.1) is 0 Å². The second-order valence-corrected chi connectivity index (χ2v) is 6.33. The van der Waals surface area contributed by atoms with Crippen LogP contribution < -0.4 is 10.6 Å². The van der Waals surface area contributed by atoms with E-state index in [9.17, 15) is 9.59 Å². The molecule has 2 aromatic rings. The number of anilines is 1. The van der Waals surface area contributed by atoms with E-state index >= 15 is 0 Å². The van der Waals surface area contributed by atoms with E-state index in [1.54, 1.807) is 36.5 Å². The van der Waals surface area contributed by atoms with E-state index < -0.39 is 0 Å². The molecule has 27 heavy (non-hydrogen) atoms. The SMILES string of the molecule is CCOC(=O)N1CCC(NC(=O)c2cncc(NCc3ccco3)c2)CC1. The molecule has 0 radical (unpaired) electrons. The number of hydrogen-bond donors (Lipinski definition) is 2. The van der Waals surface area contributed by atoms with Gasteiger partial charge in [-0.25, -0.2) is 4.79 Å². The molecule has 2 N–H and O–H groups in total. The van der Waals surface area contributed by atoms with Crippen LogP contribution in [0.3, 0.4) is 0 Å². The minimum absolute atomic E-state index is 0.0305. The minimum atomic E-state index is -0.290. The topological polar surface area (TPSA) is 96.7 Å². The molecular weight excluding hydrogens is 348 g/mol. The first kappa shape index (κ1) is 18.8. The average molecular weight is 372 g/mol. The first-order valence-corrected chi connectivity index (χ1v) is 9.09. The summed E-state index contributed by atoms with van der Waals surface area (Å²) in [6.07, 6.45) is 5.94. The summed E-state index contributed by atoms with van der Waals surface area (Å²) in [6.45, 7) is 3.83. The Morgan fingerprint density at radius 3 is 2.85 bits per heavy atom. The molecular formula is C19H24N4O4. The number of rotatable bonds is 6. The van der Waals surface area contributed by atoms with Gasteiger partial charge in [-0.05, 0) is 38.0 Å². The Labute approximate surface area is 157 Å². The molecule has 8 heteroatoms. The van der Waals surface area contributed by atoms with Gasteiger partial charge < -0.3 is 24.7 Å². The summed E-state index contributed by atoms with van der Waals surface area (Å²) < 4.78 is 10.3. The highest BCUT2D eigenvalue weighted by molar-refractivity contribution is 5.94. The summed E-state index contributed by atoms with van der Waals surface area (Å²) in [5, 5.41) is 6.20. The molecule has 2 amide bonds. The zero-order chi connectivity index (χ0) is 19.1. The van der Waals surface area contributed by atoms with Crippen LogP contribution in [0.15, 0.2) is 41.3 Å². The molecule has 1 aliphatic rings. The number of likely N-dealkylation sites (tertiary alicyclic amines) is 1. The molecule has 0 aromatic carbocycles. The van der Waals surface area contributed by atoms with E-state index in [1.807, 2.05) is 12.1 Å². The number of hydrogen-bond acceptors (Lipinski definition) is 6. The third-order valence-electron chi connectivity index (χ3n) is 4.40. The number of piperidine rings is 1. The van der Waals surface area contributed by atoms with Gasteiger partial charge >= 0.3 is 6.09 Å². The second-order valence-electron chi connectivity index (χ2n) is 6.33. The Bertz CT molecular complexity index is 755. The highest BCUT2D eigenvalue weighted by atomic mass is 16.6. The van der Waals surface area contributed by atoms with Crippen molar-refractivity contribution in [1.82, 2.24) is 15.2 Å². The van der Waals surface area contributed by atoms with Crippen LogP contribution in [0.1, 0.15) is 35.9 Å². The maximum Gasteiger partial charge on any atom is 0.409 e. The van der Waals surface area contributed by atoms with Gasteiger partial charge in [0.2, 0.25) is 0 Å². The largest absolute Gasteiger partial charge is 0.467 e. The fraction of sp³-hybridized carbons (Fsp3) is 0.421. The van der Waals surface area contributed by atoms with E-state index in [1.165, 1.54) is 0 Å². The lowest BCUT2D eigenvalue weighted by Gasteiger charge is -2.31. The van der Waals surface area contributed by atoms with Crippen LogP contribution in [-0.4, -0.2) is 47.6 Å². The molecule has 144 valence electrons. The molecule has 8 nitrogen and oxygen atoms in total. The predicted octanol–water partition coefficient (Wildman–Crippen LogP) is 2.64. The molecule has 3 heterocycles. The summed E-state index contributed by atoms with van der Waals surface area (Å²) in [4.78, 5) is 30.0. The lowest BCUT2D eigenvalue weighted by molar-refractivity contribution is 0.0860. The van der Waals surface area contributed by atoms with Crippen LogP contribution in [-0.2, 0) is 11.3 Å². The average Bonchev–Trinajstić information content (AvgIpc) is 3.21. The highest BCUT2D eigenvalue weighted by Crippen LogP contribution is 2.14. The molecule has 0 saturated carbocycles. The number of aromatic nitrogens is 1. The third-order valence-corrected chi connectivity index (χ3v) is 4.40. The van der Waals surface area contributed by atoms with Crippen LogP contribution in [0.25, 0.3) is 0 Å². The van der Waals surface area contributed by atoms with Crippen molar-refractivity contribution in [3.05, 3.63) is 48.2 Å². The maximum atomic E-state index is 12.5. The van der Waals surface area contributed by atoms with E-state index in [0.717, 1.165) is 11.4 Å². The molecule has 0 bridgehead atoms. The number of amides is 2. The van der Waals surface area contributed by atoms with Gasteiger partial charge in [-0.3, -0.25) is 9.78 Å². The molecule has 0 unspecified atom stereocenters. The van der Waals surface area contributed by atoms with E-state index in [-0.39, 0.29) is 18.0 Å². The molecule has 1 fully saturated rings. The molecule has 0 aliphatic carbocycles. The number of pyridine rings is 1. The quantitative estimate of drug-likeness (QED) is 0.809. The van der Waals surface area contributed by atoms with Crippen molar-refractivity contribution in [3.8, 4) is 0 Å². The Morgan fingerprint density at radius 1 is 1.33 bits per heavy atom. The summed E-state index contributed by atoms with van der Waals surface area (Å²) in [7, 11) is 0. The predicted molar refractivity (Wildman–Crippen MR) is 99.4 cm³/mol. The Morgan fingerprint density at radius 2 is 2.15 bits per heavy atom. The zero-order valence-electron chi connectivity index (χ0n) is 15.3. The Hall–Kier alpha value is -3.03. The molecule has 2 aromatic heterocycles. The minimum Gasteiger partial charge on any atom is -0.467 e. The summed E-state index contributed by atoms with van der Waals surface area (Å²) >= 11 is 0. The number of carbonyl (C=O) groups excluding carboxylic acids is 2. The fourth-order valence-electron chi connectivity index (χ4n) is 2.95.